The number of hydrogen-bond acceptors (Lipinski definition) is 2. The largest absolute Gasteiger partial charge is 0.497 e. The quantitative estimate of drug-likeness (QED) is 0.765. The van der Waals surface area contributed by atoms with Crippen LogP contribution in [0.4, 0.5) is 0 Å². The highest BCUT2D eigenvalue weighted by molar-refractivity contribution is 5.28. The monoisotopic (exact) mass is 179 g/mol. The first-order valence-corrected chi connectivity index (χ1v) is 4.59. The van der Waals surface area contributed by atoms with E-state index in [4.69, 9.17) is 10.5 Å². The van der Waals surface area contributed by atoms with Crippen molar-refractivity contribution in [2.75, 3.05) is 13.7 Å². The van der Waals surface area contributed by atoms with E-state index < -0.39 is 0 Å². The molecule has 0 aromatic heterocycles. The molecule has 0 saturated carbocycles. The Balaban J connectivity index is 2.66. The number of ether oxygens (including phenoxy) is 1. The van der Waals surface area contributed by atoms with Crippen LogP contribution in [0.1, 0.15) is 12.5 Å². The van der Waals surface area contributed by atoms with E-state index >= 15 is 0 Å². The zero-order valence-electron chi connectivity index (χ0n) is 8.29. The molecule has 13 heavy (non-hydrogen) atoms. The molecule has 0 saturated heterocycles. The van der Waals surface area contributed by atoms with Crippen molar-refractivity contribution in [3.63, 3.8) is 0 Å². The predicted octanol–water partition coefficient (Wildman–Crippen LogP) is 1.83. The van der Waals surface area contributed by atoms with Gasteiger partial charge in [-0.15, -0.1) is 0 Å². The molecule has 0 amide bonds. The zero-order chi connectivity index (χ0) is 9.68. The molecule has 2 nitrogen and oxygen atoms in total. The number of nitrogens with two attached hydrogens (primary N) is 1. The highest BCUT2D eigenvalue weighted by atomic mass is 16.5. The molecule has 0 fully saturated rings. The minimum absolute atomic E-state index is 0.534. The van der Waals surface area contributed by atoms with Crippen LogP contribution >= 0.6 is 0 Å². The summed E-state index contributed by atoms with van der Waals surface area (Å²) in [7, 11) is 1.69. The van der Waals surface area contributed by atoms with Crippen LogP contribution < -0.4 is 10.5 Å². The summed E-state index contributed by atoms with van der Waals surface area (Å²) in [6.45, 7) is 2.89. The van der Waals surface area contributed by atoms with Crippen molar-refractivity contribution in [1.82, 2.24) is 0 Å². The fourth-order valence-electron chi connectivity index (χ4n) is 1.29. The van der Waals surface area contributed by atoms with Crippen molar-refractivity contribution in [2.24, 2.45) is 11.7 Å². The van der Waals surface area contributed by atoms with Crippen molar-refractivity contribution in [3.8, 4) is 5.75 Å². The molecular weight excluding hydrogens is 162 g/mol. The summed E-state index contributed by atoms with van der Waals surface area (Å²) in [5.41, 5.74) is 6.85. The highest BCUT2D eigenvalue weighted by Gasteiger charge is 2.01. The van der Waals surface area contributed by atoms with Gasteiger partial charge in [-0.2, -0.15) is 0 Å². The molecule has 0 unspecified atom stereocenters. The Morgan fingerprint density at radius 2 is 2.23 bits per heavy atom. The van der Waals surface area contributed by atoms with Crippen LogP contribution in [0.25, 0.3) is 0 Å². The van der Waals surface area contributed by atoms with Crippen LogP contribution in [-0.2, 0) is 6.42 Å². The minimum atomic E-state index is 0.534. The Bertz CT molecular complexity index is 260. The molecule has 72 valence electrons. The predicted molar refractivity (Wildman–Crippen MR) is 54.9 cm³/mol. The second-order valence-corrected chi connectivity index (χ2v) is 3.40. The molecule has 1 aromatic carbocycles. The van der Waals surface area contributed by atoms with Crippen LogP contribution in [0, 0.1) is 5.92 Å². The molecule has 2 heteroatoms. The number of rotatable bonds is 4. The molecule has 2 N–H and O–H groups in total. The lowest BCUT2D eigenvalue weighted by Gasteiger charge is -2.09. The maximum atomic E-state index is 5.56. The van der Waals surface area contributed by atoms with E-state index in [0.29, 0.717) is 5.92 Å². The Kier molecular flexibility index (Phi) is 3.77. The fraction of sp³-hybridized carbons (Fsp3) is 0.455. The molecule has 1 rings (SSSR count). The van der Waals surface area contributed by atoms with Crippen LogP contribution in [0.5, 0.6) is 5.75 Å². The van der Waals surface area contributed by atoms with E-state index in [1.54, 1.807) is 7.11 Å². The second-order valence-electron chi connectivity index (χ2n) is 3.40. The average Bonchev–Trinajstić information content (AvgIpc) is 2.18. The number of hydrogen-bond donors (Lipinski definition) is 1. The maximum absolute atomic E-state index is 5.56. The van der Waals surface area contributed by atoms with Crippen LogP contribution in [0.2, 0.25) is 0 Å². The molecule has 0 aliphatic heterocycles. The third-order valence-electron chi connectivity index (χ3n) is 2.12. The highest BCUT2D eigenvalue weighted by Crippen LogP contribution is 2.15. The third kappa shape index (κ3) is 3.07. The third-order valence-corrected chi connectivity index (χ3v) is 2.12. The summed E-state index contributed by atoms with van der Waals surface area (Å²) in [4.78, 5) is 0. The van der Waals surface area contributed by atoms with Crippen molar-refractivity contribution in [1.29, 1.82) is 0 Å². The summed E-state index contributed by atoms with van der Waals surface area (Å²) >= 11 is 0. The summed E-state index contributed by atoms with van der Waals surface area (Å²) in [6.07, 6.45) is 1.02. The van der Waals surface area contributed by atoms with E-state index in [-0.39, 0.29) is 0 Å². The Labute approximate surface area is 79.7 Å². The Hall–Kier alpha value is -1.02. The van der Waals surface area contributed by atoms with Crippen molar-refractivity contribution < 1.29 is 4.74 Å². The van der Waals surface area contributed by atoms with E-state index in [1.807, 2.05) is 12.1 Å². The number of methoxy groups -OCH3 is 1. The summed E-state index contributed by atoms with van der Waals surface area (Å²) < 4.78 is 5.14. The maximum Gasteiger partial charge on any atom is 0.119 e. The molecular formula is C11H17NO. The van der Waals surface area contributed by atoms with Gasteiger partial charge < -0.3 is 10.5 Å². The van der Waals surface area contributed by atoms with Crippen LogP contribution in [0.3, 0.4) is 0 Å². The molecule has 1 aromatic rings. The SMILES string of the molecule is COc1cccc(C[C@@H](C)CN)c1. The smallest absolute Gasteiger partial charge is 0.119 e. The molecule has 0 heterocycles. The second kappa shape index (κ2) is 4.87. The van der Waals surface area contributed by atoms with Crippen LogP contribution in [-0.4, -0.2) is 13.7 Å². The van der Waals surface area contributed by atoms with E-state index in [2.05, 4.69) is 19.1 Å². The van der Waals surface area contributed by atoms with Gasteiger partial charge in [-0.1, -0.05) is 19.1 Å². The normalized spacial score (nSPS) is 12.5. The molecule has 0 spiro atoms. The Morgan fingerprint density at radius 3 is 2.85 bits per heavy atom. The van der Waals surface area contributed by atoms with Gasteiger partial charge in [0.05, 0.1) is 7.11 Å². The Morgan fingerprint density at radius 1 is 1.46 bits per heavy atom. The van der Waals surface area contributed by atoms with Gasteiger partial charge in [0, 0.05) is 0 Å². The first-order chi connectivity index (χ1) is 6.26. The molecule has 0 bridgehead atoms. The first kappa shape index (κ1) is 10.1. The lowest BCUT2D eigenvalue weighted by atomic mass is 10.0. The van der Waals surface area contributed by atoms with Gasteiger partial charge in [-0.05, 0) is 36.6 Å². The fourth-order valence-corrected chi connectivity index (χ4v) is 1.29. The summed E-state index contributed by atoms with van der Waals surface area (Å²) in [5, 5.41) is 0. The van der Waals surface area contributed by atoms with Gasteiger partial charge >= 0.3 is 0 Å². The van der Waals surface area contributed by atoms with E-state index in [9.17, 15) is 0 Å². The van der Waals surface area contributed by atoms with Crippen molar-refractivity contribution in [2.45, 2.75) is 13.3 Å². The average molecular weight is 179 g/mol. The van der Waals surface area contributed by atoms with Gasteiger partial charge in [-0.3, -0.25) is 0 Å². The zero-order valence-corrected chi connectivity index (χ0v) is 8.29. The summed E-state index contributed by atoms with van der Waals surface area (Å²) in [6, 6.07) is 8.13. The van der Waals surface area contributed by atoms with E-state index in [1.165, 1.54) is 5.56 Å². The lowest BCUT2D eigenvalue weighted by molar-refractivity contribution is 0.414. The van der Waals surface area contributed by atoms with Gasteiger partial charge in [-0.25, -0.2) is 0 Å². The van der Waals surface area contributed by atoms with E-state index in [0.717, 1.165) is 18.7 Å². The lowest BCUT2D eigenvalue weighted by Crippen LogP contribution is -2.12. The molecule has 0 aliphatic carbocycles. The van der Waals surface area contributed by atoms with Crippen LogP contribution in [0.15, 0.2) is 24.3 Å². The van der Waals surface area contributed by atoms with Gasteiger partial charge in [0.2, 0.25) is 0 Å². The van der Waals surface area contributed by atoms with Gasteiger partial charge in [0.15, 0.2) is 0 Å². The molecule has 1 atom stereocenters. The van der Waals surface area contributed by atoms with Crippen molar-refractivity contribution in [3.05, 3.63) is 29.8 Å². The van der Waals surface area contributed by atoms with Gasteiger partial charge in [0.1, 0.15) is 5.75 Å². The minimum Gasteiger partial charge on any atom is -0.497 e. The molecule has 0 aliphatic rings. The summed E-state index contributed by atoms with van der Waals surface area (Å²) in [5.74, 6) is 1.45. The first-order valence-electron chi connectivity index (χ1n) is 4.59. The van der Waals surface area contributed by atoms with Crippen molar-refractivity contribution >= 4 is 0 Å². The topological polar surface area (TPSA) is 35.2 Å². The molecule has 0 radical (unpaired) electrons. The number of benzene rings is 1. The standard InChI is InChI=1S/C11H17NO/c1-9(8-12)6-10-4-3-5-11(7-10)13-2/h3-5,7,9H,6,8,12H2,1-2H3/t9-/m1/s1. The van der Waals surface area contributed by atoms with Gasteiger partial charge in [0.25, 0.3) is 0 Å².